The number of nitrogens with two attached hydrogens (primary N) is 1. The zero-order chi connectivity index (χ0) is 14.8. The first-order valence-corrected chi connectivity index (χ1v) is 7.91. The number of benzene rings is 1. The van der Waals surface area contributed by atoms with Gasteiger partial charge >= 0.3 is 0 Å². The van der Waals surface area contributed by atoms with Crippen LogP contribution in [-0.4, -0.2) is 45.6 Å². The Labute approximate surface area is 119 Å². The van der Waals surface area contributed by atoms with Gasteiger partial charge in [0.25, 0.3) is 0 Å². The maximum atomic E-state index is 12.7. The molecule has 1 aliphatic heterocycles. The average molecular weight is 300 g/mol. The van der Waals surface area contributed by atoms with Crippen LogP contribution in [0.4, 0.5) is 0 Å². The first-order chi connectivity index (χ1) is 9.50. The van der Waals surface area contributed by atoms with Gasteiger partial charge in [-0.25, -0.2) is 8.42 Å². The van der Waals surface area contributed by atoms with Crippen molar-refractivity contribution in [3.63, 3.8) is 0 Å². The molecule has 0 radical (unpaired) electrons. The summed E-state index contributed by atoms with van der Waals surface area (Å²) in [5, 5.41) is 0. The quantitative estimate of drug-likeness (QED) is 0.879. The van der Waals surface area contributed by atoms with Crippen LogP contribution < -0.4 is 10.5 Å². The van der Waals surface area contributed by atoms with Crippen LogP contribution in [0.5, 0.6) is 5.75 Å². The van der Waals surface area contributed by atoms with Crippen LogP contribution in [-0.2, 0) is 21.3 Å². The Balaban J connectivity index is 2.43. The highest BCUT2D eigenvalue weighted by atomic mass is 32.2. The van der Waals surface area contributed by atoms with Crippen molar-refractivity contribution in [3.05, 3.63) is 23.8 Å². The minimum absolute atomic E-state index is 0.172. The average Bonchev–Trinajstić information content (AvgIpc) is 2.46. The summed E-state index contributed by atoms with van der Waals surface area (Å²) in [6.07, 6.45) is 0. The lowest BCUT2D eigenvalue weighted by Crippen LogP contribution is -2.47. The standard InChI is InChI=1S/C13H20N2O4S/c1-10-9-19-6-5-15(10)20(16,17)13-4-3-11(8-14)7-12(13)18-2/h3-4,7,10H,5-6,8-9,14H2,1-2H3. The van der Waals surface area contributed by atoms with E-state index in [0.717, 1.165) is 5.56 Å². The molecule has 1 fully saturated rings. The predicted molar refractivity (Wildman–Crippen MR) is 75.1 cm³/mol. The van der Waals surface area contributed by atoms with Gasteiger partial charge in [-0.2, -0.15) is 4.31 Å². The van der Waals surface area contributed by atoms with E-state index in [0.29, 0.717) is 32.1 Å². The highest BCUT2D eigenvalue weighted by molar-refractivity contribution is 7.89. The molecule has 7 heteroatoms. The molecule has 112 valence electrons. The van der Waals surface area contributed by atoms with Crippen LogP contribution in [0.3, 0.4) is 0 Å². The fourth-order valence-electron chi connectivity index (χ4n) is 2.25. The van der Waals surface area contributed by atoms with Crippen molar-refractivity contribution >= 4 is 10.0 Å². The first-order valence-electron chi connectivity index (χ1n) is 6.47. The summed E-state index contributed by atoms with van der Waals surface area (Å²) >= 11 is 0. The summed E-state index contributed by atoms with van der Waals surface area (Å²) in [6.45, 7) is 3.34. The molecule has 1 atom stereocenters. The Kier molecular flexibility index (Phi) is 4.64. The lowest BCUT2D eigenvalue weighted by atomic mass is 10.2. The highest BCUT2D eigenvalue weighted by Gasteiger charge is 2.33. The monoisotopic (exact) mass is 300 g/mol. The van der Waals surface area contributed by atoms with Gasteiger partial charge in [0.05, 0.1) is 20.3 Å². The maximum Gasteiger partial charge on any atom is 0.247 e. The van der Waals surface area contributed by atoms with E-state index in [4.69, 9.17) is 15.2 Å². The second-order valence-electron chi connectivity index (χ2n) is 4.73. The smallest absolute Gasteiger partial charge is 0.247 e. The van der Waals surface area contributed by atoms with Crippen molar-refractivity contribution in [2.75, 3.05) is 26.9 Å². The lowest BCUT2D eigenvalue weighted by molar-refractivity contribution is 0.0392. The molecular formula is C13H20N2O4S. The normalized spacial score (nSPS) is 20.9. The zero-order valence-corrected chi connectivity index (χ0v) is 12.5. The Morgan fingerprint density at radius 1 is 1.50 bits per heavy atom. The Morgan fingerprint density at radius 2 is 2.25 bits per heavy atom. The second-order valence-corrected chi connectivity index (χ2v) is 6.59. The number of rotatable bonds is 4. The number of sulfonamides is 1. The van der Waals surface area contributed by atoms with Crippen LogP contribution in [0.25, 0.3) is 0 Å². The molecule has 0 bridgehead atoms. The summed E-state index contributed by atoms with van der Waals surface area (Å²) in [5.74, 6) is 0.326. The van der Waals surface area contributed by atoms with E-state index in [1.165, 1.54) is 11.4 Å². The van der Waals surface area contributed by atoms with Gasteiger partial charge in [-0.15, -0.1) is 0 Å². The van der Waals surface area contributed by atoms with E-state index in [9.17, 15) is 8.42 Å². The third-order valence-electron chi connectivity index (χ3n) is 3.36. The number of hydrogen-bond acceptors (Lipinski definition) is 5. The molecule has 6 nitrogen and oxygen atoms in total. The lowest BCUT2D eigenvalue weighted by Gasteiger charge is -2.32. The summed E-state index contributed by atoms with van der Waals surface area (Å²) in [7, 11) is -2.14. The molecule has 1 unspecified atom stereocenters. The van der Waals surface area contributed by atoms with Crippen molar-refractivity contribution < 1.29 is 17.9 Å². The molecule has 1 aliphatic rings. The van der Waals surface area contributed by atoms with Gasteiger partial charge in [0.2, 0.25) is 10.0 Å². The molecule has 0 aromatic heterocycles. The zero-order valence-electron chi connectivity index (χ0n) is 11.7. The van der Waals surface area contributed by atoms with Crippen molar-refractivity contribution in [2.24, 2.45) is 5.73 Å². The van der Waals surface area contributed by atoms with Crippen LogP contribution in [0.1, 0.15) is 12.5 Å². The fraction of sp³-hybridized carbons (Fsp3) is 0.538. The van der Waals surface area contributed by atoms with Crippen molar-refractivity contribution in [1.82, 2.24) is 4.31 Å². The molecule has 2 N–H and O–H groups in total. The molecule has 1 heterocycles. The molecule has 1 saturated heterocycles. The molecule has 20 heavy (non-hydrogen) atoms. The number of nitrogens with zero attached hydrogens (tertiary/aromatic N) is 1. The summed E-state index contributed by atoms with van der Waals surface area (Å²) in [6, 6.07) is 4.74. The van der Waals surface area contributed by atoms with Gasteiger partial charge in [0.15, 0.2) is 0 Å². The van der Waals surface area contributed by atoms with Gasteiger partial charge in [0, 0.05) is 19.1 Å². The first kappa shape index (κ1) is 15.2. The Hall–Kier alpha value is -1.15. The van der Waals surface area contributed by atoms with Crippen LogP contribution in [0.2, 0.25) is 0 Å². The van der Waals surface area contributed by atoms with E-state index in [2.05, 4.69) is 0 Å². The molecule has 0 aliphatic carbocycles. The van der Waals surface area contributed by atoms with E-state index in [-0.39, 0.29) is 10.9 Å². The maximum absolute atomic E-state index is 12.7. The molecule has 0 saturated carbocycles. The Bertz CT molecular complexity index is 574. The van der Waals surface area contributed by atoms with Gasteiger partial charge < -0.3 is 15.2 Å². The number of methoxy groups -OCH3 is 1. The molecular weight excluding hydrogens is 280 g/mol. The summed E-state index contributed by atoms with van der Waals surface area (Å²) in [4.78, 5) is 0.172. The largest absolute Gasteiger partial charge is 0.495 e. The van der Waals surface area contributed by atoms with E-state index < -0.39 is 10.0 Å². The van der Waals surface area contributed by atoms with Crippen LogP contribution >= 0.6 is 0 Å². The third-order valence-corrected chi connectivity index (χ3v) is 5.41. The topological polar surface area (TPSA) is 81.9 Å². The van der Waals surface area contributed by atoms with Gasteiger partial charge in [-0.3, -0.25) is 0 Å². The van der Waals surface area contributed by atoms with E-state index in [1.54, 1.807) is 18.2 Å². The molecule has 1 aromatic rings. The van der Waals surface area contributed by atoms with E-state index in [1.807, 2.05) is 6.92 Å². The van der Waals surface area contributed by atoms with Crippen molar-refractivity contribution in [2.45, 2.75) is 24.4 Å². The Morgan fingerprint density at radius 3 is 2.85 bits per heavy atom. The van der Waals surface area contributed by atoms with E-state index >= 15 is 0 Å². The second kappa shape index (κ2) is 6.09. The predicted octanol–water partition coefficient (Wildman–Crippen LogP) is 0.563. The third kappa shape index (κ3) is 2.80. The van der Waals surface area contributed by atoms with Crippen LogP contribution in [0, 0.1) is 0 Å². The van der Waals surface area contributed by atoms with Gasteiger partial charge in [0.1, 0.15) is 10.6 Å². The highest BCUT2D eigenvalue weighted by Crippen LogP contribution is 2.29. The minimum atomic E-state index is -3.59. The number of ether oxygens (including phenoxy) is 2. The number of morpholine rings is 1. The SMILES string of the molecule is COc1cc(CN)ccc1S(=O)(=O)N1CCOCC1C. The fourth-order valence-corrected chi connectivity index (χ4v) is 3.99. The summed E-state index contributed by atoms with van der Waals surface area (Å²) in [5.41, 5.74) is 6.39. The van der Waals surface area contributed by atoms with Crippen LogP contribution in [0.15, 0.2) is 23.1 Å². The molecule has 0 spiro atoms. The van der Waals surface area contributed by atoms with Crippen molar-refractivity contribution in [1.29, 1.82) is 0 Å². The summed E-state index contributed by atoms with van der Waals surface area (Å²) < 4.78 is 37.4. The van der Waals surface area contributed by atoms with Gasteiger partial charge in [-0.1, -0.05) is 6.07 Å². The molecule has 2 rings (SSSR count). The molecule has 0 amide bonds. The number of hydrogen-bond donors (Lipinski definition) is 1. The van der Waals surface area contributed by atoms with Gasteiger partial charge in [-0.05, 0) is 24.6 Å². The minimum Gasteiger partial charge on any atom is -0.495 e. The molecule has 1 aromatic carbocycles. The van der Waals surface area contributed by atoms with Crippen molar-refractivity contribution in [3.8, 4) is 5.75 Å².